The highest BCUT2D eigenvalue weighted by atomic mass is 19.3. The lowest BCUT2D eigenvalue weighted by Crippen LogP contribution is -2.53. The number of hydrogen-bond acceptors (Lipinski definition) is 6. The zero-order chi connectivity index (χ0) is 20.8. The fourth-order valence-electron chi connectivity index (χ4n) is 0.943. The number of ketones is 1. The van der Waals surface area contributed by atoms with Crippen LogP contribution in [0, 0.1) is 0 Å². The van der Waals surface area contributed by atoms with Crippen LogP contribution in [0.15, 0.2) is 25.3 Å². The third-order valence-corrected chi connectivity index (χ3v) is 2.02. The molecule has 0 rings (SSSR count). The van der Waals surface area contributed by atoms with E-state index in [9.17, 15) is 44.7 Å². The Hall–Kier alpha value is -2.06. The van der Waals surface area contributed by atoms with E-state index < -0.39 is 49.6 Å². The van der Waals surface area contributed by atoms with E-state index >= 15 is 0 Å². The van der Waals surface area contributed by atoms with Crippen molar-refractivity contribution in [3.05, 3.63) is 25.3 Å². The minimum Gasteiger partial charge on any atom is -0.453 e. The molecule has 0 spiro atoms. The van der Waals surface area contributed by atoms with E-state index in [1.807, 2.05) is 0 Å². The maximum absolute atomic E-state index is 13.1. The van der Waals surface area contributed by atoms with Crippen LogP contribution in [0.25, 0.3) is 0 Å². The molecule has 0 aliphatic rings. The van der Waals surface area contributed by atoms with E-state index in [1.54, 1.807) is 0 Å². The molecule has 6 nitrogen and oxygen atoms in total. The molecule has 0 aliphatic carbocycles. The molecule has 0 N–H and O–H groups in total. The Kier molecular flexibility index (Phi) is 7.87. The topological polar surface area (TPSA) is 71.1 Å². The summed E-state index contributed by atoms with van der Waals surface area (Å²) in [6, 6.07) is 0. The quantitative estimate of drug-likeness (QED) is 0.216. The molecule has 0 fully saturated rings. The predicted molar refractivity (Wildman–Crippen MR) is 64.3 cm³/mol. The molecule has 0 aromatic rings. The number of rotatable bonds is 12. The predicted octanol–water partition coefficient (Wildman–Crippen LogP) is 2.85. The molecule has 0 aromatic carbocycles. The van der Waals surface area contributed by atoms with Crippen molar-refractivity contribution < 1.29 is 63.7 Å². The number of halogens is 8. The van der Waals surface area contributed by atoms with Crippen molar-refractivity contribution in [1.82, 2.24) is 0 Å². The van der Waals surface area contributed by atoms with Crippen molar-refractivity contribution in [2.75, 3.05) is 13.2 Å². The van der Waals surface area contributed by atoms with Gasteiger partial charge in [0, 0.05) is 6.08 Å². The van der Waals surface area contributed by atoms with Gasteiger partial charge in [0.1, 0.15) is 6.61 Å². The molecule has 0 atom stereocenters. The minimum absolute atomic E-state index is 0.342. The summed E-state index contributed by atoms with van der Waals surface area (Å²) in [6.45, 7) is 1.75. The first-order valence-corrected chi connectivity index (χ1v) is 6.07. The fourth-order valence-corrected chi connectivity index (χ4v) is 0.943. The second kappa shape index (κ2) is 8.55. The number of ether oxygens (including phenoxy) is 4. The van der Waals surface area contributed by atoms with Gasteiger partial charge in [-0.2, -0.15) is 26.3 Å². The average Bonchev–Trinajstić information content (AvgIpc) is 2.48. The van der Waals surface area contributed by atoms with Crippen LogP contribution in [-0.2, 0) is 28.5 Å². The Morgan fingerprint density at radius 2 is 1.35 bits per heavy atom. The molecule has 0 aromatic heterocycles. The van der Waals surface area contributed by atoms with E-state index in [0.29, 0.717) is 12.2 Å². The molecule has 0 aliphatic heterocycles. The van der Waals surface area contributed by atoms with Gasteiger partial charge in [0.05, 0.1) is 0 Å². The zero-order valence-electron chi connectivity index (χ0n) is 12.5. The summed E-state index contributed by atoms with van der Waals surface area (Å²) in [6.07, 6.45) is -22.6. The van der Waals surface area contributed by atoms with Gasteiger partial charge in [0.2, 0.25) is 0 Å². The molecule has 0 saturated heterocycles. The van der Waals surface area contributed by atoms with Crippen LogP contribution >= 0.6 is 0 Å². The Labute approximate surface area is 139 Å². The van der Waals surface area contributed by atoms with Crippen LogP contribution in [0.4, 0.5) is 35.1 Å². The monoisotopic (exact) mass is 402 g/mol. The van der Waals surface area contributed by atoms with Crippen molar-refractivity contribution in [2.24, 2.45) is 0 Å². The normalized spacial score (nSPS) is 13.2. The number of alkyl halides is 8. The molecule has 0 heterocycles. The molecular formula is C12H10F8O6. The van der Waals surface area contributed by atoms with E-state index in [0.717, 1.165) is 0 Å². The van der Waals surface area contributed by atoms with Gasteiger partial charge in [-0.05, 0) is 6.08 Å². The van der Waals surface area contributed by atoms with Crippen LogP contribution in [0.1, 0.15) is 0 Å². The lowest BCUT2D eigenvalue weighted by atomic mass is 10.4. The number of carbonyl (C=O) groups is 2. The lowest BCUT2D eigenvalue weighted by molar-refractivity contribution is -0.544. The van der Waals surface area contributed by atoms with Gasteiger partial charge in [-0.1, -0.05) is 13.2 Å². The molecule has 26 heavy (non-hydrogen) atoms. The maximum atomic E-state index is 13.1. The standard InChI is InChI=1S/C12H10F8O6/c1-3-7(21)5-24-12(19,20)26-11(17,18)10(15,16)25-9(13,14)6-23-8(22)4-2/h3-4H,1-2,5-6H2. The molecule has 14 heteroatoms. The average molecular weight is 402 g/mol. The van der Waals surface area contributed by atoms with Crippen LogP contribution < -0.4 is 0 Å². The molecule has 0 bridgehead atoms. The summed E-state index contributed by atoms with van der Waals surface area (Å²) in [5, 5.41) is 0. The van der Waals surface area contributed by atoms with Gasteiger partial charge < -0.3 is 4.74 Å². The largest absolute Gasteiger partial charge is 0.490 e. The van der Waals surface area contributed by atoms with Crippen molar-refractivity contribution in [3.8, 4) is 0 Å². The van der Waals surface area contributed by atoms with Gasteiger partial charge in [-0.15, -0.1) is 8.78 Å². The smallest absolute Gasteiger partial charge is 0.453 e. The Morgan fingerprint density at radius 1 is 0.846 bits per heavy atom. The second-order valence-corrected chi connectivity index (χ2v) is 4.11. The maximum Gasteiger partial charge on any atom is 0.490 e. The van der Waals surface area contributed by atoms with Crippen molar-refractivity contribution >= 4 is 11.8 Å². The Balaban J connectivity index is 5.05. The molecule has 0 radical (unpaired) electrons. The number of hydrogen-bond donors (Lipinski definition) is 0. The summed E-state index contributed by atoms with van der Waals surface area (Å²) in [5.74, 6) is -2.79. The summed E-state index contributed by atoms with van der Waals surface area (Å²) >= 11 is 0. The third-order valence-electron chi connectivity index (χ3n) is 2.02. The second-order valence-electron chi connectivity index (χ2n) is 4.11. The zero-order valence-corrected chi connectivity index (χ0v) is 12.5. The summed E-state index contributed by atoms with van der Waals surface area (Å²) in [4.78, 5) is 21.1. The molecular weight excluding hydrogens is 392 g/mol. The highest BCUT2D eigenvalue weighted by molar-refractivity contribution is 5.90. The SMILES string of the molecule is C=CC(=O)COC(F)(F)OC(F)(F)C(F)(F)OC(F)(F)COC(=O)C=C. The summed E-state index contributed by atoms with van der Waals surface area (Å²) < 4.78 is 116. The van der Waals surface area contributed by atoms with Crippen molar-refractivity contribution in [2.45, 2.75) is 24.6 Å². The minimum atomic E-state index is -6.35. The lowest BCUT2D eigenvalue weighted by Gasteiger charge is -2.30. The van der Waals surface area contributed by atoms with E-state index in [1.165, 1.54) is 0 Å². The fraction of sp³-hybridized carbons (Fsp3) is 0.500. The Morgan fingerprint density at radius 3 is 1.81 bits per heavy atom. The van der Waals surface area contributed by atoms with E-state index in [-0.39, 0.29) is 0 Å². The van der Waals surface area contributed by atoms with Gasteiger partial charge in [-0.3, -0.25) is 9.53 Å². The number of esters is 1. The van der Waals surface area contributed by atoms with Crippen molar-refractivity contribution in [1.29, 1.82) is 0 Å². The first kappa shape index (κ1) is 23.9. The molecule has 0 unspecified atom stereocenters. The van der Waals surface area contributed by atoms with E-state index in [2.05, 4.69) is 32.1 Å². The third kappa shape index (κ3) is 7.88. The first-order valence-electron chi connectivity index (χ1n) is 6.07. The van der Waals surface area contributed by atoms with Crippen molar-refractivity contribution in [3.63, 3.8) is 0 Å². The summed E-state index contributed by atoms with van der Waals surface area (Å²) in [5.41, 5.74) is 0. The van der Waals surface area contributed by atoms with Gasteiger partial charge in [-0.25, -0.2) is 14.3 Å². The van der Waals surface area contributed by atoms with Crippen LogP contribution in [0.3, 0.4) is 0 Å². The van der Waals surface area contributed by atoms with Crippen LogP contribution in [0.5, 0.6) is 0 Å². The Bertz CT molecular complexity index is 500. The summed E-state index contributed by atoms with van der Waals surface area (Å²) in [7, 11) is 0. The van der Waals surface area contributed by atoms with Crippen LogP contribution in [0.2, 0.25) is 0 Å². The molecule has 0 saturated carbocycles. The highest BCUT2D eigenvalue weighted by Crippen LogP contribution is 2.43. The highest BCUT2D eigenvalue weighted by Gasteiger charge is 2.68. The van der Waals surface area contributed by atoms with E-state index in [4.69, 9.17) is 0 Å². The van der Waals surface area contributed by atoms with Gasteiger partial charge in [0.15, 0.2) is 12.4 Å². The van der Waals surface area contributed by atoms with Crippen LogP contribution in [-0.4, -0.2) is 49.6 Å². The molecule has 0 amide bonds. The first-order chi connectivity index (χ1) is 11.6. The van der Waals surface area contributed by atoms with Gasteiger partial charge in [0.25, 0.3) is 0 Å². The molecule has 150 valence electrons. The van der Waals surface area contributed by atoms with Gasteiger partial charge >= 0.3 is 30.6 Å². The number of carbonyl (C=O) groups excluding carboxylic acids is 2.